The van der Waals surface area contributed by atoms with Crippen molar-refractivity contribution in [3.8, 4) is 5.69 Å². The number of sulfonamides is 1. The van der Waals surface area contributed by atoms with Crippen LogP contribution in [0.5, 0.6) is 0 Å². The number of aromatic nitrogens is 2. The van der Waals surface area contributed by atoms with Gasteiger partial charge in [-0.1, -0.05) is 19.1 Å². The maximum absolute atomic E-state index is 13.0. The highest BCUT2D eigenvalue weighted by Crippen LogP contribution is 2.31. The number of nitrogens with zero attached hydrogens (tertiary/aromatic N) is 3. The topological polar surface area (TPSA) is 131 Å². The first-order chi connectivity index (χ1) is 16.0. The summed E-state index contributed by atoms with van der Waals surface area (Å²) in [4.78, 5) is 26.1. The first kappa shape index (κ1) is 25.6. The van der Waals surface area contributed by atoms with Crippen molar-refractivity contribution < 1.29 is 41.0 Å². The lowest BCUT2D eigenvalue weighted by Crippen LogP contribution is -2.34. The molecule has 3 heterocycles. The number of aliphatic carboxylic acids is 1. The van der Waals surface area contributed by atoms with E-state index in [0.717, 1.165) is 19.4 Å². The Balaban J connectivity index is 0.000000406. The third-order valence-corrected chi connectivity index (χ3v) is 7.23. The average molecular weight is 504 g/mol. The molecule has 2 aliphatic rings. The molecule has 1 fully saturated rings. The second-order valence-electron chi connectivity index (χ2n) is 7.46. The number of para-hydroxylation sites is 1. The Morgan fingerprint density at radius 2 is 1.97 bits per heavy atom. The molecule has 34 heavy (non-hydrogen) atoms. The fourth-order valence-electron chi connectivity index (χ4n) is 3.56. The zero-order chi connectivity index (χ0) is 25.1. The Labute approximate surface area is 193 Å². The number of rotatable bonds is 4. The smallest absolute Gasteiger partial charge is 0.475 e. The molecule has 0 bridgehead atoms. The largest absolute Gasteiger partial charge is 0.490 e. The van der Waals surface area contributed by atoms with Crippen LogP contribution in [0.25, 0.3) is 5.69 Å². The maximum atomic E-state index is 13.0. The van der Waals surface area contributed by atoms with E-state index in [4.69, 9.17) is 14.6 Å². The fraction of sp³-hybridized carbons (Fsp3) is 0.450. The lowest BCUT2D eigenvalue weighted by Gasteiger charge is -2.18. The van der Waals surface area contributed by atoms with Gasteiger partial charge in [0.25, 0.3) is 5.91 Å². The Kier molecular flexibility index (Phi) is 7.63. The molecule has 0 radical (unpaired) electrons. The van der Waals surface area contributed by atoms with E-state index < -0.39 is 22.2 Å². The van der Waals surface area contributed by atoms with Crippen LogP contribution in [-0.4, -0.2) is 71.2 Å². The van der Waals surface area contributed by atoms with Crippen LogP contribution >= 0.6 is 0 Å². The lowest BCUT2D eigenvalue weighted by molar-refractivity contribution is -0.192. The first-order valence-electron chi connectivity index (χ1n) is 10.3. The highest BCUT2D eigenvalue weighted by Gasteiger charge is 2.38. The summed E-state index contributed by atoms with van der Waals surface area (Å²) in [5, 5.41) is 9.99. The number of carboxylic acids is 1. The number of imidazole rings is 1. The number of fused-ring (bicyclic) bond motifs is 3. The third-order valence-electron chi connectivity index (χ3n) is 5.26. The van der Waals surface area contributed by atoms with Gasteiger partial charge >= 0.3 is 12.1 Å². The van der Waals surface area contributed by atoms with Gasteiger partial charge in [0.15, 0.2) is 5.69 Å². The Hall–Kier alpha value is -2.97. The van der Waals surface area contributed by atoms with Gasteiger partial charge in [-0.05, 0) is 25.0 Å². The van der Waals surface area contributed by atoms with Crippen molar-refractivity contribution in [3.63, 3.8) is 0 Å². The molecule has 2 aromatic rings. The Bertz CT molecular complexity index is 1160. The van der Waals surface area contributed by atoms with Crippen LogP contribution in [0.4, 0.5) is 13.2 Å². The maximum Gasteiger partial charge on any atom is 0.490 e. The van der Waals surface area contributed by atoms with Gasteiger partial charge in [-0.15, -0.1) is 0 Å². The summed E-state index contributed by atoms with van der Waals surface area (Å²) in [5.41, 5.74) is 1.32. The summed E-state index contributed by atoms with van der Waals surface area (Å²) < 4.78 is 66.3. The van der Waals surface area contributed by atoms with Crippen molar-refractivity contribution in [2.45, 2.75) is 43.5 Å². The molecule has 4 rings (SSSR count). The molecule has 186 valence electrons. The number of nitrogens with one attached hydrogen (secondary N) is 1. The molecule has 1 atom stereocenters. The van der Waals surface area contributed by atoms with Crippen molar-refractivity contribution >= 4 is 21.9 Å². The second-order valence-corrected chi connectivity index (χ2v) is 9.36. The van der Waals surface area contributed by atoms with Gasteiger partial charge in [0, 0.05) is 19.7 Å². The number of carbonyl (C=O) groups excluding carboxylic acids is 1. The van der Waals surface area contributed by atoms with Gasteiger partial charge in [-0.3, -0.25) is 9.36 Å². The van der Waals surface area contributed by atoms with Crippen LogP contribution in [0, 0.1) is 0 Å². The van der Waals surface area contributed by atoms with Gasteiger partial charge < -0.3 is 15.2 Å². The molecule has 2 aliphatic heterocycles. The number of ether oxygens (including phenoxy) is 1. The fourth-order valence-corrected chi connectivity index (χ4v) is 5.16. The number of carbonyl (C=O) groups is 2. The van der Waals surface area contributed by atoms with Crippen LogP contribution in [0.3, 0.4) is 0 Å². The third kappa shape index (κ3) is 5.39. The zero-order valence-corrected chi connectivity index (χ0v) is 18.9. The SMILES string of the molecule is CCN1Cc2c(C(=O)NCC3CCCO3)ncn2-c2ccccc2S1(=O)=O.O=C(O)C(F)(F)F. The van der Waals surface area contributed by atoms with Crippen molar-refractivity contribution in [1.29, 1.82) is 0 Å². The summed E-state index contributed by atoms with van der Waals surface area (Å²) >= 11 is 0. The van der Waals surface area contributed by atoms with Crippen LogP contribution in [0.1, 0.15) is 35.9 Å². The van der Waals surface area contributed by atoms with Crippen LogP contribution in [0.2, 0.25) is 0 Å². The quantitative estimate of drug-likeness (QED) is 0.651. The van der Waals surface area contributed by atoms with Crippen molar-refractivity contribution in [2.24, 2.45) is 0 Å². The standard InChI is InChI=1S/C18H22N4O4S.C2HF3O2/c1-2-21-11-15-17(18(23)19-10-13-6-5-9-26-13)20-12-22(15)14-7-3-4-8-16(14)27(21,24)25;3-2(4,5)1(6)7/h3-4,7-8,12-13H,2,5-6,9-11H2,1H3,(H,19,23);(H,6,7). The van der Waals surface area contributed by atoms with Crippen LogP contribution in [0.15, 0.2) is 35.5 Å². The minimum atomic E-state index is -5.08. The van der Waals surface area contributed by atoms with Crippen LogP contribution < -0.4 is 5.32 Å². The summed E-state index contributed by atoms with van der Waals surface area (Å²) in [7, 11) is -3.64. The lowest BCUT2D eigenvalue weighted by atomic mass is 10.2. The minimum Gasteiger partial charge on any atom is -0.475 e. The summed E-state index contributed by atoms with van der Waals surface area (Å²) in [6.45, 7) is 3.33. The summed E-state index contributed by atoms with van der Waals surface area (Å²) in [6.07, 6.45) is -1.61. The molecule has 0 saturated carbocycles. The monoisotopic (exact) mass is 504 g/mol. The molecule has 2 N–H and O–H groups in total. The van der Waals surface area contributed by atoms with Crippen molar-refractivity contribution in [1.82, 2.24) is 19.2 Å². The number of halogens is 3. The van der Waals surface area contributed by atoms with E-state index in [1.54, 1.807) is 35.8 Å². The van der Waals surface area contributed by atoms with E-state index in [1.807, 2.05) is 0 Å². The molecule has 1 aromatic carbocycles. The van der Waals surface area contributed by atoms with Gasteiger partial charge in [0.2, 0.25) is 10.0 Å². The molecular formula is C20H23F3N4O6S. The van der Waals surface area contributed by atoms with E-state index in [1.165, 1.54) is 10.6 Å². The molecule has 1 aromatic heterocycles. The van der Waals surface area contributed by atoms with Crippen molar-refractivity contribution in [2.75, 3.05) is 19.7 Å². The van der Waals surface area contributed by atoms with Gasteiger partial charge in [-0.2, -0.15) is 17.5 Å². The Morgan fingerprint density at radius 3 is 2.56 bits per heavy atom. The molecule has 10 nitrogen and oxygen atoms in total. The van der Waals surface area contributed by atoms with E-state index in [2.05, 4.69) is 10.3 Å². The summed E-state index contributed by atoms with van der Waals surface area (Å²) in [5.74, 6) is -3.07. The van der Waals surface area contributed by atoms with Crippen molar-refractivity contribution in [3.05, 3.63) is 42.0 Å². The molecule has 1 amide bonds. The zero-order valence-electron chi connectivity index (χ0n) is 18.1. The normalized spacial score (nSPS) is 19.2. The molecule has 1 unspecified atom stereocenters. The predicted octanol–water partition coefficient (Wildman–Crippen LogP) is 1.94. The van der Waals surface area contributed by atoms with Gasteiger partial charge in [-0.25, -0.2) is 18.2 Å². The summed E-state index contributed by atoms with van der Waals surface area (Å²) in [6, 6.07) is 6.78. The van der Waals surface area contributed by atoms with Gasteiger partial charge in [0.1, 0.15) is 11.2 Å². The molecule has 14 heteroatoms. The Morgan fingerprint density at radius 1 is 1.29 bits per heavy atom. The highest BCUT2D eigenvalue weighted by molar-refractivity contribution is 7.89. The number of hydrogen-bond donors (Lipinski definition) is 2. The number of amides is 1. The van der Waals surface area contributed by atoms with Gasteiger partial charge in [0.05, 0.1) is 24.0 Å². The number of alkyl halides is 3. The van der Waals surface area contributed by atoms with E-state index in [9.17, 15) is 26.4 Å². The highest BCUT2D eigenvalue weighted by atomic mass is 32.2. The number of carboxylic acid groups (broad SMARTS) is 1. The van der Waals surface area contributed by atoms with E-state index in [0.29, 0.717) is 24.5 Å². The minimum absolute atomic E-state index is 0.0309. The average Bonchev–Trinajstić information content (AvgIpc) is 3.43. The molecule has 1 saturated heterocycles. The second kappa shape index (κ2) is 10.1. The number of hydrogen-bond acceptors (Lipinski definition) is 6. The van der Waals surface area contributed by atoms with E-state index in [-0.39, 0.29) is 29.1 Å². The van der Waals surface area contributed by atoms with E-state index >= 15 is 0 Å². The molecular weight excluding hydrogens is 481 g/mol. The molecule has 0 spiro atoms. The number of benzene rings is 1. The first-order valence-corrected chi connectivity index (χ1v) is 11.8. The van der Waals surface area contributed by atoms with Crippen LogP contribution in [-0.2, 0) is 26.1 Å². The molecule has 0 aliphatic carbocycles. The predicted molar refractivity (Wildman–Crippen MR) is 112 cm³/mol.